The molecule has 26 heavy (non-hydrogen) atoms. The van der Waals surface area contributed by atoms with Crippen LogP contribution in [0.3, 0.4) is 0 Å². The standard InChI is InChI=1S/C19H28N4O3/c20-14-1-2-17(21)13(11-14)12-23(7-10-26)19-4-3-18(22)15(5-8-24)16(19)6-9-25/h1-4,11,24-26H,5-10,12,20-22H2. The van der Waals surface area contributed by atoms with E-state index in [9.17, 15) is 15.3 Å². The molecule has 7 nitrogen and oxygen atoms in total. The number of nitrogen functional groups attached to an aromatic ring is 3. The van der Waals surface area contributed by atoms with Crippen LogP contribution in [0.25, 0.3) is 0 Å². The minimum Gasteiger partial charge on any atom is -0.399 e. The second-order valence-electron chi connectivity index (χ2n) is 6.18. The molecular formula is C19H28N4O3. The molecule has 0 unspecified atom stereocenters. The molecule has 142 valence electrons. The fourth-order valence-corrected chi connectivity index (χ4v) is 3.17. The van der Waals surface area contributed by atoms with E-state index in [0.717, 1.165) is 22.4 Å². The molecule has 0 aromatic heterocycles. The normalized spacial score (nSPS) is 10.9. The molecule has 0 bridgehead atoms. The summed E-state index contributed by atoms with van der Waals surface area (Å²) in [7, 11) is 0. The summed E-state index contributed by atoms with van der Waals surface area (Å²) in [5.41, 5.74) is 23.3. The van der Waals surface area contributed by atoms with Crippen molar-refractivity contribution in [1.82, 2.24) is 0 Å². The largest absolute Gasteiger partial charge is 0.399 e. The van der Waals surface area contributed by atoms with Gasteiger partial charge in [-0.25, -0.2) is 0 Å². The lowest BCUT2D eigenvalue weighted by Gasteiger charge is -2.29. The summed E-state index contributed by atoms with van der Waals surface area (Å²) in [6.45, 7) is 0.727. The van der Waals surface area contributed by atoms with Crippen molar-refractivity contribution in [1.29, 1.82) is 0 Å². The summed E-state index contributed by atoms with van der Waals surface area (Å²) in [5, 5.41) is 28.4. The summed E-state index contributed by atoms with van der Waals surface area (Å²) >= 11 is 0. The van der Waals surface area contributed by atoms with Gasteiger partial charge in [-0.15, -0.1) is 0 Å². The molecule has 2 aromatic carbocycles. The van der Waals surface area contributed by atoms with Crippen LogP contribution in [0.5, 0.6) is 0 Å². The van der Waals surface area contributed by atoms with Gasteiger partial charge in [0.2, 0.25) is 0 Å². The highest BCUT2D eigenvalue weighted by molar-refractivity contribution is 5.66. The van der Waals surface area contributed by atoms with Gasteiger partial charge in [-0.2, -0.15) is 0 Å². The summed E-state index contributed by atoms with van der Waals surface area (Å²) in [6.07, 6.45) is 0.812. The Morgan fingerprint density at radius 3 is 2.08 bits per heavy atom. The van der Waals surface area contributed by atoms with Gasteiger partial charge in [-0.05, 0) is 59.9 Å². The summed E-state index contributed by atoms with van der Waals surface area (Å²) in [5.74, 6) is 0. The third-order valence-corrected chi connectivity index (χ3v) is 4.41. The van der Waals surface area contributed by atoms with Gasteiger partial charge in [0.25, 0.3) is 0 Å². The van der Waals surface area contributed by atoms with E-state index >= 15 is 0 Å². The Morgan fingerprint density at radius 1 is 0.769 bits per heavy atom. The van der Waals surface area contributed by atoms with Gasteiger partial charge in [0.05, 0.1) is 6.61 Å². The Bertz CT molecular complexity index is 737. The number of benzene rings is 2. The van der Waals surface area contributed by atoms with E-state index in [-0.39, 0.29) is 19.8 Å². The fourth-order valence-electron chi connectivity index (χ4n) is 3.17. The minimum atomic E-state index is -0.0412. The average molecular weight is 360 g/mol. The Morgan fingerprint density at radius 2 is 1.42 bits per heavy atom. The number of rotatable bonds is 9. The van der Waals surface area contributed by atoms with E-state index in [1.165, 1.54) is 0 Å². The molecule has 0 saturated heterocycles. The molecule has 0 spiro atoms. The maximum atomic E-state index is 9.54. The van der Waals surface area contributed by atoms with E-state index in [1.807, 2.05) is 17.0 Å². The lowest BCUT2D eigenvalue weighted by Crippen LogP contribution is -2.28. The fraction of sp³-hybridized carbons (Fsp3) is 0.368. The maximum absolute atomic E-state index is 9.54. The van der Waals surface area contributed by atoms with Crippen LogP contribution in [0, 0.1) is 0 Å². The molecule has 0 saturated carbocycles. The van der Waals surface area contributed by atoms with Gasteiger partial charge in [-0.3, -0.25) is 0 Å². The SMILES string of the molecule is Nc1ccc(N)c(CN(CCO)c2ccc(N)c(CCO)c2CCO)c1. The number of nitrogens with two attached hydrogens (primary N) is 3. The predicted octanol–water partition coefficient (Wildman–Crippen LogP) is 0.502. The van der Waals surface area contributed by atoms with E-state index in [2.05, 4.69) is 0 Å². The van der Waals surface area contributed by atoms with Crippen molar-refractivity contribution in [3.05, 3.63) is 47.0 Å². The average Bonchev–Trinajstić information content (AvgIpc) is 2.61. The third-order valence-electron chi connectivity index (χ3n) is 4.41. The molecule has 0 aliphatic rings. The van der Waals surface area contributed by atoms with Crippen LogP contribution in [0.1, 0.15) is 16.7 Å². The first-order chi connectivity index (χ1) is 12.5. The summed E-state index contributed by atoms with van der Waals surface area (Å²) < 4.78 is 0. The zero-order valence-corrected chi connectivity index (χ0v) is 14.9. The zero-order chi connectivity index (χ0) is 19.1. The Kier molecular flexibility index (Phi) is 7.08. The van der Waals surface area contributed by atoms with Crippen LogP contribution in [-0.4, -0.2) is 41.7 Å². The number of nitrogens with zero attached hydrogens (tertiary/aromatic N) is 1. The van der Waals surface area contributed by atoms with Gasteiger partial charge in [0.1, 0.15) is 0 Å². The van der Waals surface area contributed by atoms with Crippen molar-refractivity contribution >= 4 is 22.7 Å². The monoisotopic (exact) mass is 360 g/mol. The predicted molar refractivity (Wildman–Crippen MR) is 106 cm³/mol. The lowest BCUT2D eigenvalue weighted by molar-refractivity contribution is 0.292. The molecule has 0 aliphatic heterocycles. The van der Waals surface area contributed by atoms with Crippen LogP contribution in [0.15, 0.2) is 30.3 Å². The van der Waals surface area contributed by atoms with E-state index in [0.29, 0.717) is 43.0 Å². The maximum Gasteiger partial charge on any atom is 0.0606 e. The number of anilines is 4. The second kappa shape index (κ2) is 9.28. The minimum absolute atomic E-state index is 0.0335. The number of hydrogen-bond donors (Lipinski definition) is 6. The lowest BCUT2D eigenvalue weighted by atomic mass is 9.97. The molecule has 0 fully saturated rings. The van der Waals surface area contributed by atoms with Crippen LogP contribution >= 0.6 is 0 Å². The van der Waals surface area contributed by atoms with Crippen molar-refractivity contribution in [2.45, 2.75) is 19.4 Å². The van der Waals surface area contributed by atoms with Crippen LogP contribution in [0.2, 0.25) is 0 Å². The molecule has 0 heterocycles. The second-order valence-corrected chi connectivity index (χ2v) is 6.18. The number of aliphatic hydroxyl groups excluding tert-OH is 3. The first-order valence-corrected chi connectivity index (χ1v) is 8.63. The van der Waals surface area contributed by atoms with E-state index < -0.39 is 0 Å². The summed E-state index contributed by atoms with van der Waals surface area (Å²) in [4.78, 5) is 1.98. The molecule has 0 amide bonds. The van der Waals surface area contributed by atoms with Crippen LogP contribution in [0.4, 0.5) is 22.7 Å². The molecule has 0 aliphatic carbocycles. The van der Waals surface area contributed by atoms with Gasteiger partial charge >= 0.3 is 0 Å². The highest BCUT2D eigenvalue weighted by atomic mass is 16.3. The van der Waals surface area contributed by atoms with Crippen LogP contribution in [-0.2, 0) is 19.4 Å². The van der Waals surface area contributed by atoms with Crippen molar-refractivity contribution in [2.75, 3.05) is 48.5 Å². The highest BCUT2D eigenvalue weighted by Gasteiger charge is 2.17. The van der Waals surface area contributed by atoms with E-state index in [4.69, 9.17) is 17.2 Å². The quantitative estimate of drug-likeness (QED) is 0.358. The van der Waals surface area contributed by atoms with E-state index in [1.54, 1.807) is 18.2 Å². The Hall–Kier alpha value is -2.48. The molecular weight excluding hydrogens is 332 g/mol. The van der Waals surface area contributed by atoms with Gasteiger partial charge in [-0.1, -0.05) is 0 Å². The molecule has 2 aromatic rings. The highest BCUT2D eigenvalue weighted by Crippen LogP contribution is 2.31. The zero-order valence-electron chi connectivity index (χ0n) is 14.9. The van der Waals surface area contributed by atoms with Crippen molar-refractivity contribution in [3.63, 3.8) is 0 Å². The van der Waals surface area contributed by atoms with Gasteiger partial charge < -0.3 is 37.4 Å². The Labute approximate surface area is 153 Å². The molecule has 0 atom stereocenters. The van der Waals surface area contributed by atoms with Crippen molar-refractivity contribution in [3.8, 4) is 0 Å². The first-order valence-electron chi connectivity index (χ1n) is 8.63. The molecule has 2 rings (SSSR count). The van der Waals surface area contributed by atoms with Crippen molar-refractivity contribution < 1.29 is 15.3 Å². The van der Waals surface area contributed by atoms with Gasteiger partial charge in [0.15, 0.2) is 0 Å². The molecule has 0 radical (unpaired) electrons. The number of aliphatic hydroxyl groups is 3. The molecule has 9 N–H and O–H groups in total. The third kappa shape index (κ3) is 4.57. The Balaban J connectivity index is 2.48. The van der Waals surface area contributed by atoms with Crippen molar-refractivity contribution in [2.24, 2.45) is 0 Å². The smallest absolute Gasteiger partial charge is 0.0606 e. The van der Waals surface area contributed by atoms with Gasteiger partial charge in [0, 0.05) is 49.1 Å². The topological polar surface area (TPSA) is 142 Å². The number of hydrogen-bond acceptors (Lipinski definition) is 7. The molecule has 7 heteroatoms. The van der Waals surface area contributed by atoms with Crippen LogP contribution < -0.4 is 22.1 Å². The summed E-state index contributed by atoms with van der Waals surface area (Å²) in [6, 6.07) is 8.98. The first kappa shape index (κ1) is 19.8.